The van der Waals surface area contributed by atoms with Crippen molar-refractivity contribution >= 4 is 23.5 Å². The van der Waals surface area contributed by atoms with Gasteiger partial charge in [0, 0.05) is 11.6 Å². The Labute approximate surface area is 130 Å². The first-order valence-electron chi connectivity index (χ1n) is 7.27. The highest BCUT2D eigenvalue weighted by Crippen LogP contribution is 2.19. The summed E-state index contributed by atoms with van der Waals surface area (Å²) in [4.78, 5) is 28.0. The molecule has 1 aromatic rings. The lowest BCUT2D eigenvalue weighted by Gasteiger charge is -2.14. The zero-order valence-corrected chi connectivity index (χ0v) is 13.0. The molecule has 0 atom stereocenters. The van der Waals surface area contributed by atoms with Crippen LogP contribution in [0.1, 0.15) is 26.3 Å². The molecule has 3 heteroatoms. The van der Waals surface area contributed by atoms with E-state index in [1.165, 1.54) is 6.08 Å². The van der Waals surface area contributed by atoms with Gasteiger partial charge in [0.2, 0.25) is 0 Å². The summed E-state index contributed by atoms with van der Waals surface area (Å²) < 4.78 is 0. The second kappa shape index (κ2) is 6.94. The molecule has 0 bridgehead atoms. The topological polar surface area (TPSA) is 46.5 Å². The molecule has 0 saturated heterocycles. The standard InChI is InChI=1S/C19H19NO2/c1-13(2)16-12-17(14(3)11-18(16)21)20-19(22)10-9-15-7-5-4-6-8-15/h4-13H,1-3H3. The largest absolute Gasteiger partial charge is 0.290 e. The number of carbonyl (C=O) groups is 2. The number of benzene rings is 1. The summed E-state index contributed by atoms with van der Waals surface area (Å²) in [6.07, 6.45) is 6.43. The first-order valence-corrected chi connectivity index (χ1v) is 7.27. The van der Waals surface area contributed by atoms with Gasteiger partial charge >= 0.3 is 0 Å². The Balaban J connectivity index is 2.20. The molecule has 0 saturated carbocycles. The average molecular weight is 293 g/mol. The van der Waals surface area contributed by atoms with Gasteiger partial charge in [-0.25, -0.2) is 4.99 Å². The Hall–Kier alpha value is -2.55. The van der Waals surface area contributed by atoms with Crippen LogP contribution in [-0.2, 0) is 9.59 Å². The van der Waals surface area contributed by atoms with E-state index in [0.29, 0.717) is 11.3 Å². The van der Waals surface area contributed by atoms with Gasteiger partial charge in [0.1, 0.15) is 0 Å². The summed E-state index contributed by atoms with van der Waals surface area (Å²) >= 11 is 0. The van der Waals surface area contributed by atoms with Gasteiger partial charge in [-0.1, -0.05) is 44.2 Å². The highest BCUT2D eigenvalue weighted by atomic mass is 16.1. The summed E-state index contributed by atoms with van der Waals surface area (Å²) in [6, 6.07) is 9.57. The van der Waals surface area contributed by atoms with E-state index in [1.807, 2.05) is 44.2 Å². The van der Waals surface area contributed by atoms with Gasteiger partial charge in [-0.3, -0.25) is 9.59 Å². The predicted octanol–water partition coefficient (Wildman–Crippen LogP) is 3.78. The van der Waals surface area contributed by atoms with Crippen molar-refractivity contribution in [3.8, 4) is 0 Å². The molecule has 3 nitrogen and oxygen atoms in total. The second-order valence-electron chi connectivity index (χ2n) is 5.53. The maximum absolute atomic E-state index is 12.0. The number of hydrogen-bond acceptors (Lipinski definition) is 2. The maximum Gasteiger partial charge on any atom is 0.270 e. The Morgan fingerprint density at radius 2 is 1.82 bits per heavy atom. The second-order valence-corrected chi connectivity index (χ2v) is 5.53. The molecule has 0 aliphatic heterocycles. The fraction of sp³-hybridized carbons (Fsp3) is 0.211. The fourth-order valence-corrected chi connectivity index (χ4v) is 2.15. The van der Waals surface area contributed by atoms with E-state index in [1.54, 1.807) is 25.2 Å². The molecule has 0 aromatic heterocycles. The van der Waals surface area contributed by atoms with E-state index in [0.717, 1.165) is 11.1 Å². The predicted molar refractivity (Wildman–Crippen MR) is 89.6 cm³/mol. The lowest BCUT2D eigenvalue weighted by atomic mass is 9.90. The Morgan fingerprint density at radius 1 is 1.14 bits per heavy atom. The van der Waals surface area contributed by atoms with Crippen molar-refractivity contribution in [3.63, 3.8) is 0 Å². The molecular weight excluding hydrogens is 274 g/mol. The molecule has 0 radical (unpaired) electrons. The van der Waals surface area contributed by atoms with Crippen LogP contribution in [0, 0.1) is 5.92 Å². The van der Waals surface area contributed by atoms with Crippen LogP contribution in [0.15, 0.2) is 64.7 Å². The van der Waals surface area contributed by atoms with E-state index >= 15 is 0 Å². The van der Waals surface area contributed by atoms with Crippen LogP contribution < -0.4 is 0 Å². The first kappa shape index (κ1) is 15.8. The normalized spacial score (nSPS) is 17.1. The number of amides is 1. The summed E-state index contributed by atoms with van der Waals surface area (Å²) in [5, 5.41) is 0. The van der Waals surface area contributed by atoms with E-state index in [4.69, 9.17) is 0 Å². The van der Waals surface area contributed by atoms with Crippen LogP contribution in [0.3, 0.4) is 0 Å². The number of carbonyl (C=O) groups excluding carboxylic acids is 2. The molecule has 0 fully saturated rings. The molecule has 1 aliphatic carbocycles. The summed E-state index contributed by atoms with van der Waals surface area (Å²) in [7, 11) is 0. The summed E-state index contributed by atoms with van der Waals surface area (Å²) in [6.45, 7) is 5.69. The Bertz CT molecular complexity index is 704. The quantitative estimate of drug-likeness (QED) is 0.629. The van der Waals surface area contributed by atoms with Crippen molar-refractivity contribution < 1.29 is 9.59 Å². The molecular formula is C19H19NO2. The minimum atomic E-state index is -0.333. The Morgan fingerprint density at radius 3 is 2.45 bits per heavy atom. The van der Waals surface area contributed by atoms with E-state index < -0.39 is 0 Å². The molecule has 0 heterocycles. The number of rotatable bonds is 3. The van der Waals surface area contributed by atoms with Crippen molar-refractivity contribution in [1.29, 1.82) is 0 Å². The average Bonchev–Trinajstić information content (AvgIpc) is 2.48. The number of allylic oxidation sites excluding steroid dienone is 4. The molecule has 22 heavy (non-hydrogen) atoms. The minimum absolute atomic E-state index is 0.00118. The van der Waals surface area contributed by atoms with E-state index in [9.17, 15) is 9.59 Å². The van der Waals surface area contributed by atoms with Gasteiger partial charge < -0.3 is 0 Å². The lowest BCUT2D eigenvalue weighted by molar-refractivity contribution is -0.113. The van der Waals surface area contributed by atoms with E-state index in [2.05, 4.69) is 4.99 Å². The van der Waals surface area contributed by atoms with Gasteiger partial charge in [0.05, 0.1) is 5.71 Å². The minimum Gasteiger partial charge on any atom is -0.290 e. The molecule has 0 spiro atoms. The molecule has 0 unspecified atom stereocenters. The highest BCUT2D eigenvalue weighted by Gasteiger charge is 2.18. The third-order valence-electron chi connectivity index (χ3n) is 3.40. The third kappa shape index (κ3) is 3.98. The molecule has 1 aliphatic rings. The number of aliphatic imine (C=N–C) groups is 1. The van der Waals surface area contributed by atoms with Crippen LogP contribution in [0.2, 0.25) is 0 Å². The molecule has 112 valence electrons. The number of hydrogen-bond donors (Lipinski definition) is 0. The van der Waals surface area contributed by atoms with Crippen LogP contribution in [0.25, 0.3) is 6.08 Å². The molecule has 0 N–H and O–H groups in total. The zero-order chi connectivity index (χ0) is 16.1. The molecule has 1 amide bonds. The van der Waals surface area contributed by atoms with Crippen molar-refractivity contribution in [1.82, 2.24) is 0 Å². The van der Waals surface area contributed by atoms with Crippen molar-refractivity contribution in [2.24, 2.45) is 10.9 Å². The van der Waals surface area contributed by atoms with Crippen molar-refractivity contribution in [2.75, 3.05) is 0 Å². The smallest absolute Gasteiger partial charge is 0.270 e. The maximum atomic E-state index is 12.0. The lowest BCUT2D eigenvalue weighted by Crippen LogP contribution is -2.16. The van der Waals surface area contributed by atoms with Gasteiger partial charge in [-0.05, 0) is 42.2 Å². The number of ketones is 1. The van der Waals surface area contributed by atoms with Crippen molar-refractivity contribution in [2.45, 2.75) is 20.8 Å². The first-order chi connectivity index (χ1) is 10.5. The zero-order valence-electron chi connectivity index (χ0n) is 13.0. The van der Waals surface area contributed by atoms with Gasteiger partial charge in [-0.2, -0.15) is 0 Å². The highest BCUT2D eigenvalue weighted by molar-refractivity contribution is 6.24. The molecule has 2 rings (SSSR count). The van der Waals surface area contributed by atoms with Crippen LogP contribution >= 0.6 is 0 Å². The van der Waals surface area contributed by atoms with Crippen LogP contribution in [-0.4, -0.2) is 17.4 Å². The van der Waals surface area contributed by atoms with Gasteiger partial charge in [-0.15, -0.1) is 0 Å². The molecule has 1 aromatic carbocycles. The third-order valence-corrected chi connectivity index (χ3v) is 3.40. The monoisotopic (exact) mass is 293 g/mol. The Kier molecular flexibility index (Phi) is 4.99. The van der Waals surface area contributed by atoms with Crippen LogP contribution in [0.4, 0.5) is 0 Å². The summed E-state index contributed by atoms with van der Waals surface area (Å²) in [5.41, 5.74) is 2.91. The van der Waals surface area contributed by atoms with Gasteiger partial charge in [0.15, 0.2) is 5.78 Å². The summed E-state index contributed by atoms with van der Waals surface area (Å²) in [5.74, 6) is -0.226. The van der Waals surface area contributed by atoms with Gasteiger partial charge in [0.25, 0.3) is 5.91 Å². The SMILES string of the molecule is CC1=CC(=O)C(C(C)C)=CC1=NC(=O)C=Cc1ccccc1. The van der Waals surface area contributed by atoms with Crippen LogP contribution in [0.5, 0.6) is 0 Å². The van der Waals surface area contributed by atoms with E-state index in [-0.39, 0.29) is 17.6 Å². The number of nitrogens with zero attached hydrogens (tertiary/aromatic N) is 1. The van der Waals surface area contributed by atoms with Crippen molar-refractivity contribution in [3.05, 3.63) is 65.3 Å². The fourth-order valence-electron chi connectivity index (χ4n) is 2.15.